The standard InChI is InChI=1S/C60H32N2/c1-3-15-35-33(13-1)47-31-53-57-41(45-25-11-27-61-59(45)53)21-9-23-43(57)49(47)29-51(35)55-37-17-5-7-19-39(37)56(40-20-8-6-18-38(40)55)52-30-50-44-24-10-22-42-46-26-12-28-62-60(46)54(58(42)44)32-48(50)34-14-2-4-16-36(34)52/h1-32H. The Morgan fingerprint density at radius 3 is 0.952 bits per heavy atom. The van der Waals surface area contributed by atoms with Gasteiger partial charge in [0.1, 0.15) is 0 Å². The molecule has 0 saturated carbocycles. The Bertz CT molecular complexity index is 3890. The Kier molecular flexibility index (Phi) is 6.18. The van der Waals surface area contributed by atoms with Crippen molar-refractivity contribution in [1.29, 1.82) is 0 Å². The zero-order valence-electron chi connectivity index (χ0n) is 33.4. The van der Waals surface area contributed by atoms with Gasteiger partial charge in [0, 0.05) is 34.6 Å². The van der Waals surface area contributed by atoms with Gasteiger partial charge in [-0.2, -0.15) is 0 Å². The Hall–Kier alpha value is -8.20. The van der Waals surface area contributed by atoms with Crippen LogP contribution in [0.15, 0.2) is 194 Å². The second-order valence-corrected chi connectivity index (χ2v) is 17.1. The lowest BCUT2D eigenvalue weighted by atomic mass is 9.81. The van der Waals surface area contributed by atoms with Gasteiger partial charge in [-0.15, -0.1) is 0 Å². The summed E-state index contributed by atoms with van der Waals surface area (Å²) in [7, 11) is 0. The van der Waals surface area contributed by atoms with Gasteiger partial charge in [-0.25, -0.2) is 0 Å². The molecule has 2 aromatic heterocycles. The first-order valence-corrected chi connectivity index (χ1v) is 21.5. The van der Waals surface area contributed by atoms with Crippen molar-refractivity contribution in [2.75, 3.05) is 0 Å². The topological polar surface area (TPSA) is 25.8 Å². The van der Waals surface area contributed by atoms with E-state index in [1.807, 2.05) is 12.4 Å². The van der Waals surface area contributed by atoms with Crippen molar-refractivity contribution in [2.24, 2.45) is 0 Å². The smallest absolute Gasteiger partial charge is 0.0787 e. The Morgan fingerprint density at radius 2 is 0.532 bits per heavy atom. The average Bonchev–Trinajstić information content (AvgIpc) is 3.84. The molecule has 62 heavy (non-hydrogen) atoms. The molecule has 0 atom stereocenters. The van der Waals surface area contributed by atoms with E-state index in [0.29, 0.717) is 0 Å². The molecular weight excluding hydrogens is 749 g/mol. The summed E-state index contributed by atoms with van der Waals surface area (Å²) in [5, 5.41) is 20.2. The van der Waals surface area contributed by atoms with Gasteiger partial charge in [-0.05, 0) is 156 Å². The van der Waals surface area contributed by atoms with E-state index in [1.165, 1.54) is 142 Å². The predicted octanol–water partition coefficient (Wildman–Crippen LogP) is 16.3. The van der Waals surface area contributed by atoms with Crippen molar-refractivity contribution in [2.45, 2.75) is 0 Å². The summed E-state index contributed by atoms with van der Waals surface area (Å²) < 4.78 is 0. The molecular formula is C60H32N2. The summed E-state index contributed by atoms with van der Waals surface area (Å²) in [5.74, 6) is 0. The van der Waals surface area contributed by atoms with Crippen molar-refractivity contribution in [3.8, 4) is 67.0 Å². The van der Waals surface area contributed by atoms with Gasteiger partial charge in [0.25, 0.3) is 0 Å². The van der Waals surface area contributed by atoms with E-state index in [4.69, 9.17) is 9.97 Å². The summed E-state index contributed by atoms with van der Waals surface area (Å²) in [5.41, 5.74) is 14.6. The number of aromatic nitrogens is 2. The first kappa shape index (κ1) is 32.6. The third-order valence-corrected chi connectivity index (χ3v) is 14.2. The van der Waals surface area contributed by atoms with Crippen LogP contribution in [0, 0.1) is 0 Å². The van der Waals surface area contributed by atoms with Crippen molar-refractivity contribution < 1.29 is 0 Å². The number of hydrogen-bond donors (Lipinski definition) is 0. The highest BCUT2D eigenvalue weighted by atomic mass is 14.7. The number of rotatable bonds is 2. The lowest BCUT2D eigenvalue weighted by molar-refractivity contribution is 1.35. The number of fused-ring (bicyclic) bond motifs is 16. The zero-order chi connectivity index (χ0) is 40.2. The van der Waals surface area contributed by atoms with Crippen LogP contribution >= 0.6 is 0 Å². The average molecular weight is 781 g/mol. The highest BCUT2D eigenvalue weighted by Crippen LogP contribution is 2.54. The summed E-state index contributed by atoms with van der Waals surface area (Å²) >= 11 is 0. The molecule has 0 saturated heterocycles. The second-order valence-electron chi connectivity index (χ2n) is 17.1. The second kappa shape index (κ2) is 11.8. The fourth-order valence-electron chi connectivity index (χ4n) is 11.7. The van der Waals surface area contributed by atoms with Gasteiger partial charge < -0.3 is 0 Å². The minimum atomic E-state index is 1.08. The van der Waals surface area contributed by atoms with Crippen molar-refractivity contribution in [3.05, 3.63) is 194 Å². The van der Waals surface area contributed by atoms with Gasteiger partial charge in [0.05, 0.1) is 11.4 Å². The lowest BCUT2D eigenvalue weighted by Crippen LogP contribution is -1.94. The van der Waals surface area contributed by atoms with Gasteiger partial charge in [-0.1, -0.05) is 146 Å². The Morgan fingerprint density at radius 1 is 0.210 bits per heavy atom. The predicted molar refractivity (Wildman–Crippen MR) is 262 cm³/mol. The molecule has 2 aliphatic carbocycles. The first-order valence-electron chi connectivity index (χ1n) is 21.5. The first-order chi connectivity index (χ1) is 30.8. The van der Waals surface area contributed by atoms with Crippen LogP contribution in [-0.2, 0) is 0 Å². The minimum absolute atomic E-state index is 1.08. The molecule has 15 rings (SSSR count). The van der Waals surface area contributed by atoms with Crippen molar-refractivity contribution in [1.82, 2.24) is 9.97 Å². The van der Waals surface area contributed by atoms with Crippen LogP contribution in [0.5, 0.6) is 0 Å². The Balaban J connectivity index is 1.07. The number of nitrogens with zero attached hydrogens (tertiary/aromatic N) is 2. The van der Waals surface area contributed by atoms with Crippen molar-refractivity contribution in [3.63, 3.8) is 0 Å². The molecule has 0 radical (unpaired) electrons. The molecule has 2 nitrogen and oxygen atoms in total. The number of hydrogen-bond acceptors (Lipinski definition) is 2. The van der Waals surface area contributed by atoms with E-state index in [2.05, 4.69) is 182 Å². The molecule has 0 fully saturated rings. The van der Waals surface area contributed by atoms with E-state index in [-0.39, 0.29) is 0 Å². The quantitative estimate of drug-likeness (QED) is 0.129. The maximum atomic E-state index is 4.92. The maximum absolute atomic E-state index is 4.92. The van der Waals surface area contributed by atoms with E-state index in [1.54, 1.807) is 0 Å². The van der Waals surface area contributed by atoms with E-state index in [9.17, 15) is 0 Å². The zero-order valence-corrected chi connectivity index (χ0v) is 33.4. The van der Waals surface area contributed by atoms with Gasteiger partial charge in [0.2, 0.25) is 0 Å². The number of pyridine rings is 2. The lowest BCUT2D eigenvalue weighted by Gasteiger charge is -2.21. The molecule has 0 unspecified atom stereocenters. The summed E-state index contributed by atoms with van der Waals surface area (Å²) in [4.78, 5) is 9.84. The normalized spacial score (nSPS) is 12.5. The van der Waals surface area contributed by atoms with E-state index < -0.39 is 0 Å². The van der Waals surface area contributed by atoms with Crippen LogP contribution in [-0.4, -0.2) is 9.97 Å². The number of benzene rings is 11. The van der Waals surface area contributed by atoms with Crippen LogP contribution in [0.3, 0.4) is 0 Å². The summed E-state index contributed by atoms with van der Waals surface area (Å²) in [6.45, 7) is 0. The molecule has 0 bridgehead atoms. The molecule has 2 heteroatoms. The molecule has 2 aliphatic rings. The molecule has 0 N–H and O–H groups in total. The van der Waals surface area contributed by atoms with E-state index in [0.717, 1.165) is 11.4 Å². The third kappa shape index (κ3) is 4.04. The molecule has 2 heterocycles. The molecule has 11 aromatic carbocycles. The fourth-order valence-corrected chi connectivity index (χ4v) is 11.7. The fraction of sp³-hybridized carbons (Fsp3) is 0. The highest BCUT2D eigenvalue weighted by molar-refractivity contribution is 6.33. The van der Waals surface area contributed by atoms with Gasteiger partial charge in [-0.3, -0.25) is 9.97 Å². The maximum Gasteiger partial charge on any atom is 0.0787 e. The molecule has 0 aliphatic heterocycles. The third-order valence-electron chi connectivity index (χ3n) is 14.2. The Labute approximate surface area is 356 Å². The monoisotopic (exact) mass is 780 g/mol. The molecule has 0 amide bonds. The van der Waals surface area contributed by atoms with Crippen LogP contribution in [0.25, 0.3) is 153 Å². The van der Waals surface area contributed by atoms with Crippen molar-refractivity contribution >= 4 is 86.2 Å². The SMILES string of the molecule is c1cnc2c(c1)-c1cccc3c1c-2cc1c2ccccc2c(-c2c4ccccc4c(-c4cc5c6cccc7c6c(cc5c5ccccc45)-c4ncccc4-7)c4ccccc24)cc31. The molecule has 282 valence electrons. The largest absolute Gasteiger partial charge is 0.256 e. The van der Waals surface area contributed by atoms with E-state index >= 15 is 0 Å². The summed E-state index contributed by atoms with van der Waals surface area (Å²) in [6.07, 6.45) is 3.85. The minimum Gasteiger partial charge on any atom is -0.256 e. The summed E-state index contributed by atoms with van der Waals surface area (Å²) in [6, 6.07) is 68.2. The van der Waals surface area contributed by atoms with Gasteiger partial charge in [0.15, 0.2) is 0 Å². The van der Waals surface area contributed by atoms with Crippen LogP contribution in [0.4, 0.5) is 0 Å². The highest BCUT2D eigenvalue weighted by Gasteiger charge is 2.28. The van der Waals surface area contributed by atoms with Gasteiger partial charge >= 0.3 is 0 Å². The van der Waals surface area contributed by atoms with Crippen LogP contribution in [0.2, 0.25) is 0 Å². The molecule has 13 aromatic rings. The van der Waals surface area contributed by atoms with Crippen LogP contribution < -0.4 is 0 Å². The molecule has 0 spiro atoms. The van der Waals surface area contributed by atoms with Crippen LogP contribution in [0.1, 0.15) is 0 Å².